The van der Waals surface area contributed by atoms with Gasteiger partial charge in [-0.2, -0.15) is 0 Å². The zero-order valence-corrected chi connectivity index (χ0v) is 10.9. The topological polar surface area (TPSA) is 45.2 Å². The molecule has 0 spiro atoms. The molecule has 1 aliphatic carbocycles. The van der Waals surface area contributed by atoms with E-state index in [1.54, 1.807) is 11.3 Å². The van der Waals surface area contributed by atoms with E-state index in [9.17, 15) is 0 Å². The van der Waals surface area contributed by atoms with E-state index in [2.05, 4.69) is 24.1 Å². The van der Waals surface area contributed by atoms with Crippen LogP contribution in [-0.2, 0) is 6.54 Å². The highest BCUT2D eigenvalue weighted by molar-refractivity contribution is 7.11. The first-order chi connectivity index (χ1) is 7.65. The highest BCUT2D eigenvalue weighted by Crippen LogP contribution is 2.47. The lowest BCUT2D eigenvalue weighted by molar-refractivity contribution is 0.245. The summed E-state index contributed by atoms with van der Waals surface area (Å²) >= 11 is 1.78. The first-order valence-corrected chi connectivity index (χ1v) is 6.71. The van der Waals surface area contributed by atoms with E-state index in [-0.39, 0.29) is 0 Å². The second-order valence-electron chi connectivity index (χ2n) is 4.83. The fourth-order valence-corrected chi connectivity index (χ4v) is 2.88. The predicted molar refractivity (Wildman–Crippen MR) is 66.7 cm³/mol. The van der Waals surface area contributed by atoms with Gasteiger partial charge in [0.25, 0.3) is 0 Å². The van der Waals surface area contributed by atoms with E-state index in [0.717, 1.165) is 25.2 Å². The predicted octanol–water partition coefficient (Wildman–Crippen LogP) is 2.01. The van der Waals surface area contributed by atoms with Crippen molar-refractivity contribution in [3.63, 3.8) is 0 Å². The quantitative estimate of drug-likeness (QED) is 0.799. The Morgan fingerprint density at radius 1 is 1.44 bits per heavy atom. The molecular weight excluding hydrogens is 220 g/mol. The van der Waals surface area contributed by atoms with Gasteiger partial charge in [0.1, 0.15) is 5.01 Å². The summed E-state index contributed by atoms with van der Waals surface area (Å²) in [5.41, 5.74) is 1.55. The third-order valence-electron chi connectivity index (χ3n) is 3.45. The van der Waals surface area contributed by atoms with Crippen LogP contribution < -0.4 is 5.32 Å². The molecule has 1 heterocycles. The molecule has 1 aliphatic rings. The number of nitrogens with one attached hydrogen (secondary N) is 1. The largest absolute Gasteiger partial charge is 0.396 e. The van der Waals surface area contributed by atoms with Crippen LogP contribution in [0.1, 0.15) is 34.8 Å². The minimum atomic E-state index is 0.317. The van der Waals surface area contributed by atoms with E-state index in [1.165, 1.54) is 22.7 Å². The molecule has 4 heteroatoms. The summed E-state index contributed by atoms with van der Waals surface area (Å²) in [5, 5.41) is 13.6. The molecule has 0 saturated heterocycles. The van der Waals surface area contributed by atoms with Gasteiger partial charge < -0.3 is 10.4 Å². The Morgan fingerprint density at radius 3 is 2.69 bits per heavy atom. The number of nitrogens with zero attached hydrogens (tertiary/aromatic N) is 1. The lowest BCUT2D eigenvalue weighted by Gasteiger charge is -2.13. The highest BCUT2D eigenvalue weighted by Gasteiger charge is 2.41. The normalized spacial score (nSPS) is 17.7. The van der Waals surface area contributed by atoms with E-state index in [0.29, 0.717) is 12.0 Å². The Balaban J connectivity index is 1.76. The van der Waals surface area contributed by atoms with Crippen molar-refractivity contribution < 1.29 is 5.11 Å². The standard InChI is InChI=1S/C12H20N2OS/c1-9-10(2)16-11(14-9)7-13-8-12(3-4-12)5-6-15/h13,15H,3-8H2,1-2H3. The third kappa shape index (κ3) is 2.81. The summed E-state index contributed by atoms with van der Waals surface area (Å²) in [6.45, 7) is 6.38. The van der Waals surface area contributed by atoms with Gasteiger partial charge >= 0.3 is 0 Å². The monoisotopic (exact) mass is 240 g/mol. The first kappa shape index (κ1) is 12.0. The Labute approximate surface area is 101 Å². The van der Waals surface area contributed by atoms with Crippen LogP contribution >= 0.6 is 11.3 Å². The molecule has 0 radical (unpaired) electrons. The van der Waals surface area contributed by atoms with Crippen LogP contribution in [0.2, 0.25) is 0 Å². The average molecular weight is 240 g/mol. The molecule has 1 saturated carbocycles. The van der Waals surface area contributed by atoms with E-state index < -0.39 is 0 Å². The van der Waals surface area contributed by atoms with Crippen molar-refractivity contribution in [2.24, 2.45) is 5.41 Å². The van der Waals surface area contributed by atoms with Crippen LogP contribution in [0.15, 0.2) is 0 Å². The number of aryl methyl sites for hydroxylation is 2. The molecule has 90 valence electrons. The van der Waals surface area contributed by atoms with Gasteiger partial charge in [0, 0.05) is 24.6 Å². The van der Waals surface area contributed by atoms with Gasteiger partial charge in [0.05, 0.1) is 5.69 Å². The molecule has 0 unspecified atom stereocenters. The smallest absolute Gasteiger partial charge is 0.107 e. The maximum atomic E-state index is 8.96. The summed E-state index contributed by atoms with van der Waals surface area (Å²) in [5.74, 6) is 0. The van der Waals surface area contributed by atoms with Crippen LogP contribution in [0.4, 0.5) is 0 Å². The van der Waals surface area contributed by atoms with E-state index in [4.69, 9.17) is 5.11 Å². The maximum Gasteiger partial charge on any atom is 0.107 e. The second-order valence-corrected chi connectivity index (χ2v) is 6.11. The van der Waals surface area contributed by atoms with Crippen molar-refractivity contribution in [1.29, 1.82) is 0 Å². The number of aromatic nitrogens is 1. The van der Waals surface area contributed by atoms with Crippen molar-refractivity contribution in [2.45, 2.75) is 39.7 Å². The van der Waals surface area contributed by atoms with Crippen LogP contribution in [0.3, 0.4) is 0 Å². The molecule has 1 aromatic heterocycles. The third-order valence-corrected chi connectivity index (χ3v) is 4.52. The number of hydrogen-bond acceptors (Lipinski definition) is 4. The molecule has 0 bridgehead atoms. The summed E-state index contributed by atoms with van der Waals surface area (Å²) in [4.78, 5) is 5.82. The van der Waals surface area contributed by atoms with Crippen molar-refractivity contribution in [3.05, 3.63) is 15.6 Å². The fraction of sp³-hybridized carbons (Fsp3) is 0.750. The molecular formula is C12H20N2OS. The lowest BCUT2D eigenvalue weighted by Crippen LogP contribution is -2.24. The number of thiazole rings is 1. The van der Waals surface area contributed by atoms with Crippen LogP contribution in [0.25, 0.3) is 0 Å². The first-order valence-electron chi connectivity index (χ1n) is 5.90. The van der Waals surface area contributed by atoms with Crippen LogP contribution in [-0.4, -0.2) is 23.2 Å². The van der Waals surface area contributed by atoms with E-state index >= 15 is 0 Å². The van der Waals surface area contributed by atoms with Crippen LogP contribution in [0, 0.1) is 19.3 Å². The van der Waals surface area contributed by atoms with E-state index in [1.807, 2.05) is 0 Å². The van der Waals surface area contributed by atoms with Crippen molar-refractivity contribution >= 4 is 11.3 Å². The van der Waals surface area contributed by atoms with Gasteiger partial charge in [-0.15, -0.1) is 11.3 Å². The summed E-state index contributed by atoms with van der Waals surface area (Å²) < 4.78 is 0. The van der Waals surface area contributed by atoms with Gasteiger partial charge in [-0.05, 0) is 38.5 Å². The number of aliphatic hydroxyl groups is 1. The van der Waals surface area contributed by atoms with Gasteiger partial charge in [-0.3, -0.25) is 0 Å². The zero-order valence-electron chi connectivity index (χ0n) is 10.0. The summed E-state index contributed by atoms with van der Waals surface area (Å²) in [7, 11) is 0. The minimum Gasteiger partial charge on any atom is -0.396 e. The summed E-state index contributed by atoms with van der Waals surface area (Å²) in [6, 6.07) is 0. The number of hydrogen-bond donors (Lipinski definition) is 2. The molecule has 0 amide bonds. The highest BCUT2D eigenvalue weighted by atomic mass is 32.1. The van der Waals surface area contributed by atoms with Crippen molar-refractivity contribution in [1.82, 2.24) is 10.3 Å². The SMILES string of the molecule is Cc1nc(CNCC2(CCO)CC2)sc1C. The Kier molecular flexibility index (Phi) is 3.62. The Hall–Kier alpha value is -0.450. The average Bonchev–Trinajstić information content (AvgIpc) is 2.91. The molecule has 3 nitrogen and oxygen atoms in total. The molecule has 1 aromatic rings. The van der Waals surface area contributed by atoms with Gasteiger partial charge in [-0.25, -0.2) is 4.98 Å². The Bertz CT molecular complexity index is 338. The lowest BCUT2D eigenvalue weighted by atomic mass is 10.0. The van der Waals surface area contributed by atoms with Gasteiger partial charge in [-0.1, -0.05) is 0 Å². The summed E-state index contributed by atoms with van der Waals surface area (Å²) in [6.07, 6.45) is 3.46. The fourth-order valence-electron chi connectivity index (χ4n) is 1.98. The number of rotatable bonds is 6. The number of aliphatic hydroxyl groups excluding tert-OH is 1. The molecule has 0 aliphatic heterocycles. The Morgan fingerprint density at radius 2 is 2.19 bits per heavy atom. The molecule has 1 fully saturated rings. The van der Waals surface area contributed by atoms with Gasteiger partial charge in [0.15, 0.2) is 0 Å². The van der Waals surface area contributed by atoms with Crippen molar-refractivity contribution in [2.75, 3.05) is 13.2 Å². The zero-order chi connectivity index (χ0) is 11.6. The molecule has 16 heavy (non-hydrogen) atoms. The van der Waals surface area contributed by atoms with Gasteiger partial charge in [0.2, 0.25) is 0 Å². The minimum absolute atomic E-state index is 0.317. The van der Waals surface area contributed by atoms with Crippen molar-refractivity contribution in [3.8, 4) is 0 Å². The molecule has 0 aromatic carbocycles. The second kappa shape index (κ2) is 4.82. The molecule has 0 atom stereocenters. The van der Waals surface area contributed by atoms with Crippen LogP contribution in [0.5, 0.6) is 0 Å². The molecule has 2 N–H and O–H groups in total. The molecule has 2 rings (SSSR count). The maximum absolute atomic E-state index is 8.96.